The summed E-state index contributed by atoms with van der Waals surface area (Å²) in [5.74, 6) is 0.808. The average molecular weight is 192 g/mol. The Labute approximate surface area is 82.3 Å². The lowest BCUT2D eigenvalue weighted by atomic mass is 10.1. The minimum absolute atomic E-state index is 0.143. The van der Waals surface area contributed by atoms with E-state index in [0.717, 1.165) is 23.4 Å². The van der Waals surface area contributed by atoms with Gasteiger partial charge in [0.05, 0.1) is 24.5 Å². The molecule has 14 heavy (non-hydrogen) atoms. The zero-order valence-electron chi connectivity index (χ0n) is 7.91. The van der Waals surface area contributed by atoms with Crippen LogP contribution in [-0.4, -0.2) is 26.0 Å². The maximum absolute atomic E-state index is 10.6. The molecule has 4 heteroatoms. The van der Waals surface area contributed by atoms with Crippen LogP contribution in [0.4, 0.5) is 11.4 Å². The van der Waals surface area contributed by atoms with Crippen LogP contribution in [0.3, 0.4) is 0 Å². The highest BCUT2D eigenvalue weighted by molar-refractivity contribution is 5.78. The highest BCUT2D eigenvalue weighted by Gasteiger charge is 2.16. The molecule has 2 rings (SSSR count). The second-order valence-electron chi connectivity index (χ2n) is 3.18. The van der Waals surface area contributed by atoms with Gasteiger partial charge in [0.15, 0.2) is 0 Å². The quantitative estimate of drug-likeness (QED) is 0.689. The average Bonchev–Trinajstić information content (AvgIpc) is 2.27. The van der Waals surface area contributed by atoms with Gasteiger partial charge >= 0.3 is 0 Å². The Morgan fingerprint density at radius 2 is 2.36 bits per heavy atom. The molecule has 0 saturated heterocycles. The fraction of sp³-hybridized carbons (Fsp3) is 0.300. The maximum Gasteiger partial charge on any atom is 0.144 e. The molecule has 1 aromatic rings. The van der Waals surface area contributed by atoms with Gasteiger partial charge in [-0.15, -0.1) is 0 Å². The molecule has 1 heterocycles. The number of carbonyl (C=O) groups excluding carboxylic acids is 1. The summed E-state index contributed by atoms with van der Waals surface area (Å²) in [4.78, 5) is 10.6. The van der Waals surface area contributed by atoms with Gasteiger partial charge in [0.1, 0.15) is 12.0 Å². The molecule has 0 saturated carbocycles. The van der Waals surface area contributed by atoms with Crippen molar-refractivity contribution in [2.75, 3.05) is 24.3 Å². The van der Waals surface area contributed by atoms with Crippen molar-refractivity contribution in [1.82, 2.24) is 0 Å². The third-order valence-electron chi connectivity index (χ3n) is 2.24. The Morgan fingerprint density at radius 1 is 1.50 bits per heavy atom. The number of rotatable bonds is 2. The number of hydrogen-bond donors (Lipinski definition) is 2. The first-order valence-corrected chi connectivity index (χ1v) is 4.47. The van der Waals surface area contributed by atoms with E-state index in [-0.39, 0.29) is 6.04 Å². The normalized spacial score (nSPS) is 18.8. The molecule has 1 atom stereocenters. The van der Waals surface area contributed by atoms with Crippen LogP contribution in [0.2, 0.25) is 0 Å². The van der Waals surface area contributed by atoms with Gasteiger partial charge in [-0.3, -0.25) is 0 Å². The largest absolute Gasteiger partial charge is 0.497 e. The van der Waals surface area contributed by atoms with Crippen molar-refractivity contribution in [3.05, 3.63) is 18.2 Å². The van der Waals surface area contributed by atoms with Crippen molar-refractivity contribution in [1.29, 1.82) is 0 Å². The predicted octanol–water partition coefficient (Wildman–Crippen LogP) is 1.10. The van der Waals surface area contributed by atoms with E-state index in [4.69, 9.17) is 4.74 Å². The third kappa shape index (κ3) is 1.51. The lowest BCUT2D eigenvalue weighted by molar-refractivity contribution is -0.108. The van der Waals surface area contributed by atoms with Crippen LogP contribution in [0.5, 0.6) is 5.75 Å². The number of nitrogens with one attached hydrogen (secondary N) is 2. The van der Waals surface area contributed by atoms with E-state index in [1.165, 1.54) is 0 Å². The van der Waals surface area contributed by atoms with Gasteiger partial charge in [-0.05, 0) is 12.1 Å². The van der Waals surface area contributed by atoms with Crippen molar-refractivity contribution in [2.24, 2.45) is 0 Å². The van der Waals surface area contributed by atoms with E-state index in [2.05, 4.69) is 10.6 Å². The van der Waals surface area contributed by atoms with Crippen molar-refractivity contribution in [3.63, 3.8) is 0 Å². The molecule has 0 amide bonds. The highest BCUT2D eigenvalue weighted by Crippen LogP contribution is 2.29. The first kappa shape index (κ1) is 8.87. The molecular formula is C10H12N2O2. The summed E-state index contributed by atoms with van der Waals surface area (Å²) >= 11 is 0. The Kier molecular flexibility index (Phi) is 2.26. The molecule has 0 spiro atoms. The number of ether oxygens (including phenoxy) is 1. The summed E-state index contributed by atoms with van der Waals surface area (Å²) in [7, 11) is 1.63. The van der Waals surface area contributed by atoms with Crippen molar-refractivity contribution < 1.29 is 9.53 Å². The monoisotopic (exact) mass is 192 g/mol. The van der Waals surface area contributed by atoms with Crippen LogP contribution >= 0.6 is 0 Å². The molecule has 74 valence electrons. The van der Waals surface area contributed by atoms with E-state index in [0.29, 0.717) is 6.54 Å². The maximum atomic E-state index is 10.6. The fourth-order valence-electron chi connectivity index (χ4n) is 1.48. The molecule has 1 aliphatic rings. The number of aldehydes is 1. The highest BCUT2D eigenvalue weighted by atomic mass is 16.5. The molecule has 1 unspecified atom stereocenters. The summed E-state index contributed by atoms with van der Waals surface area (Å²) < 4.78 is 5.10. The lowest BCUT2D eigenvalue weighted by Gasteiger charge is -2.24. The molecule has 0 aromatic heterocycles. The Bertz CT molecular complexity index is 352. The first-order chi connectivity index (χ1) is 6.83. The van der Waals surface area contributed by atoms with Gasteiger partial charge in [0.25, 0.3) is 0 Å². The third-order valence-corrected chi connectivity index (χ3v) is 2.24. The SMILES string of the molecule is COc1ccc2c(c1)NCC(C=O)N2. The summed E-state index contributed by atoms with van der Waals surface area (Å²) in [6.07, 6.45) is 0.903. The molecule has 0 bridgehead atoms. The van der Waals surface area contributed by atoms with Gasteiger partial charge in [-0.2, -0.15) is 0 Å². The number of anilines is 2. The van der Waals surface area contributed by atoms with E-state index in [1.54, 1.807) is 7.11 Å². The van der Waals surface area contributed by atoms with E-state index in [9.17, 15) is 4.79 Å². The van der Waals surface area contributed by atoms with Gasteiger partial charge < -0.3 is 20.2 Å². The van der Waals surface area contributed by atoms with Crippen LogP contribution in [-0.2, 0) is 4.79 Å². The Hall–Kier alpha value is -1.71. The van der Waals surface area contributed by atoms with Gasteiger partial charge in [0, 0.05) is 12.6 Å². The predicted molar refractivity (Wildman–Crippen MR) is 55.0 cm³/mol. The zero-order valence-corrected chi connectivity index (χ0v) is 7.91. The first-order valence-electron chi connectivity index (χ1n) is 4.47. The molecule has 0 radical (unpaired) electrons. The number of carbonyl (C=O) groups is 1. The molecule has 1 aliphatic heterocycles. The van der Waals surface area contributed by atoms with E-state index >= 15 is 0 Å². The Morgan fingerprint density at radius 3 is 3.07 bits per heavy atom. The second-order valence-corrected chi connectivity index (χ2v) is 3.18. The van der Waals surface area contributed by atoms with Gasteiger partial charge in [0.2, 0.25) is 0 Å². The van der Waals surface area contributed by atoms with Gasteiger partial charge in [-0.1, -0.05) is 0 Å². The zero-order chi connectivity index (χ0) is 9.97. The summed E-state index contributed by atoms with van der Waals surface area (Å²) in [6.45, 7) is 0.615. The van der Waals surface area contributed by atoms with Crippen molar-refractivity contribution in [3.8, 4) is 5.75 Å². The summed E-state index contributed by atoms with van der Waals surface area (Å²) in [5.41, 5.74) is 1.91. The molecule has 4 nitrogen and oxygen atoms in total. The van der Waals surface area contributed by atoms with Crippen LogP contribution in [0, 0.1) is 0 Å². The number of benzene rings is 1. The standard InChI is InChI=1S/C10H12N2O2/c1-14-8-2-3-9-10(4-8)11-5-7(6-13)12-9/h2-4,6-7,11-12H,5H2,1H3. The number of hydrogen-bond acceptors (Lipinski definition) is 4. The van der Waals surface area contributed by atoms with Crippen molar-refractivity contribution >= 4 is 17.7 Å². The molecule has 1 aromatic carbocycles. The fourth-order valence-corrected chi connectivity index (χ4v) is 1.48. The lowest BCUT2D eigenvalue weighted by Crippen LogP contribution is -2.33. The topological polar surface area (TPSA) is 50.4 Å². The Balaban J connectivity index is 2.27. The summed E-state index contributed by atoms with van der Waals surface area (Å²) in [6, 6.07) is 5.52. The van der Waals surface area contributed by atoms with Gasteiger partial charge in [-0.25, -0.2) is 0 Å². The van der Waals surface area contributed by atoms with Crippen LogP contribution in [0.1, 0.15) is 0 Å². The van der Waals surface area contributed by atoms with Crippen LogP contribution in [0.25, 0.3) is 0 Å². The number of fused-ring (bicyclic) bond motifs is 1. The molecule has 0 aliphatic carbocycles. The van der Waals surface area contributed by atoms with Crippen LogP contribution in [0.15, 0.2) is 18.2 Å². The van der Waals surface area contributed by atoms with Crippen molar-refractivity contribution in [2.45, 2.75) is 6.04 Å². The number of methoxy groups -OCH3 is 1. The minimum atomic E-state index is -0.143. The molecule has 2 N–H and O–H groups in total. The molecule has 0 fully saturated rings. The second kappa shape index (κ2) is 3.57. The summed E-state index contributed by atoms with van der Waals surface area (Å²) in [5, 5.41) is 6.28. The van der Waals surface area contributed by atoms with E-state index < -0.39 is 0 Å². The minimum Gasteiger partial charge on any atom is -0.497 e. The van der Waals surface area contributed by atoms with E-state index in [1.807, 2.05) is 18.2 Å². The van der Waals surface area contributed by atoms with Crippen LogP contribution < -0.4 is 15.4 Å². The molecular weight excluding hydrogens is 180 g/mol. The smallest absolute Gasteiger partial charge is 0.144 e.